The summed E-state index contributed by atoms with van der Waals surface area (Å²) in [6.45, 7) is 2.72. The summed E-state index contributed by atoms with van der Waals surface area (Å²) in [6.07, 6.45) is 0.247. The molecule has 1 aromatic carbocycles. The fraction of sp³-hybridized carbons (Fsp3) is 0.364. The number of ether oxygens (including phenoxy) is 1. The molecule has 2 atom stereocenters. The number of anilines is 1. The van der Waals surface area contributed by atoms with Gasteiger partial charge >= 0.3 is 0 Å². The van der Waals surface area contributed by atoms with Crippen molar-refractivity contribution in [3.63, 3.8) is 0 Å². The second-order valence-corrected chi connectivity index (χ2v) is 5.21. The molecule has 78 valence electrons. The van der Waals surface area contributed by atoms with E-state index in [1.165, 1.54) is 0 Å². The standard InChI is InChI=1S/C11H11NO2S/c1-6-11(13)12-8-4-7(9-5-14-9)2-3-10(8)15-6/h2-4,6,9H,5H2,1H3,(H,12,13). The molecule has 4 heteroatoms. The number of epoxide rings is 1. The minimum atomic E-state index is 0.000486. The Morgan fingerprint density at radius 1 is 1.53 bits per heavy atom. The zero-order chi connectivity index (χ0) is 10.4. The maximum Gasteiger partial charge on any atom is 0.237 e. The number of hydrogen-bond donors (Lipinski definition) is 1. The molecule has 3 nitrogen and oxygen atoms in total. The highest BCUT2D eigenvalue weighted by atomic mass is 32.2. The van der Waals surface area contributed by atoms with Crippen LogP contribution in [0, 0.1) is 0 Å². The summed E-state index contributed by atoms with van der Waals surface area (Å²) in [4.78, 5) is 12.6. The molecule has 0 aromatic heterocycles. The van der Waals surface area contributed by atoms with Gasteiger partial charge in [0.15, 0.2) is 0 Å². The highest BCUT2D eigenvalue weighted by Crippen LogP contribution is 2.39. The Labute approximate surface area is 92.2 Å². The second kappa shape index (κ2) is 3.25. The van der Waals surface area contributed by atoms with Crippen LogP contribution >= 0.6 is 11.8 Å². The van der Waals surface area contributed by atoms with Crippen molar-refractivity contribution < 1.29 is 9.53 Å². The predicted molar refractivity (Wildman–Crippen MR) is 59.1 cm³/mol. The Morgan fingerprint density at radius 2 is 2.33 bits per heavy atom. The normalized spacial score (nSPS) is 28.2. The van der Waals surface area contributed by atoms with Gasteiger partial charge in [-0.1, -0.05) is 6.07 Å². The van der Waals surface area contributed by atoms with Crippen molar-refractivity contribution in [3.05, 3.63) is 23.8 Å². The van der Waals surface area contributed by atoms with Crippen LogP contribution in [-0.2, 0) is 9.53 Å². The van der Waals surface area contributed by atoms with Gasteiger partial charge in [-0.2, -0.15) is 0 Å². The van der Waals surface area contributed by atoms with Gasteiger partial charge < -0.3 is 10.1 Å². The Hall–Kier alpha value is -1.00. The van der Waals surface area contributed by atoms with E-state index in [-0.39, 0.29) is 17.3 Å². The van der Waals surface area contributed by atoms with Crippen LogP contribution in [0.5, 0.6) is 0 Å². The number of amides is 1. The number of thioether (sulfide) groups is 1. The van der Waals surface area contributed by atoms with Crippen molar-refractivity contribution in [2.24, 2.45) is 0 Å². The molecule has 0 radical (unpaired) electrons. The van der Waals surface area contributed by atoms with E-state index in [4.69, 9.17) is 4.74 Å². The third-order valence-corrected chi connectivity index (χ3v) is 3.82. The first kappa shape index (κ1) is 9.24. The molecule has 2 aliphatic heterocycles. The van der Waals surface area contributed by atoms with Crippen LogP contribution in [0.4, 0.5) is 5.69 Å². The number of carbonyl (C=O) groups is 1. The van der Waals surface area contributed by atoms with Crippen molar-refractivity contribution in [1.29, 1.82) is 0 Å². The lowest BCUT2D eigenvalue weighted by Crippen LogP contribution is -2.26. The van der Waals surface area contributed by atoms with Crippen LogP contribution in [-0.4, -0.2) is 17.8 Å². The van der Waals surface area contributed by atoms with Crippen molar-refractivity contribution in [1.82, 2.24) is 0 Å². The van der Waals surface area contributed by atoms with Gasteiger partial charge in [0.05, 0.1) is 17.5 Å². The van der Waals surface area contributed by atoms with Gasteiger partial charge in [-0.3, -0.25) is 4.79 Å². The topological polar surface area (TPSA) is 41.6 Å². The number of rotatable bonds is 1. The zero-order valence-corrected chi connectivity index (χ0v) is 9.14. The lowest BCUT2D eigenvalue weighted by atomic mass is 10.1. The Balaban J connectivity index is 1.97. The van der Waals surface area contributed by atoms with Gasteiger partial charge in [0.25, 0.3) is 0 Å². The quantitative estimate of drug-likeness (QED) is 0.739. The summed E-state index contributed by atoms with van der Waals surface area (Å²) in [6, 6.07) is 6.16. The summed E-state index contributed by atoms with van der Waals surface area (Å²) >= 11 is 1.61. The molecule has 2 heterocycles. The molecule has 0 saturated carbocycles. The average Bonchev–Trinajstić information content (AvgIpc) is 3.02. The molecular formula is C11H11NO2S. The minimum absolute atomic E-state index is 0.000486. The van der Waals surface area contributed by atoms with Crippen molar-refractivity contribution in [2.75, 3.05) is 11.9 Å². The largest absolute Gasteiger partial charge is 0.368 e. The molecule has 15 heavy (non-hydrogen) atoms. The number of nitrogens with one attached hydrogen (secondary N) is 1. The van der Waals surface area contributed by atoms with E-state index in [9.17, 15) is 4.79 Å². The first-order valence-electron chi connectivity index (χ1n) is 4.97. The van der Waals surface area contributed by atoms with E-state index in [0.29, 0.717) is 0 Å². The zero-order valence-electron chi connectivity index (χ0n) is 8.32. The SMILES string of the molecule is CC1Sc2ccc(C3CO3)cc2NC1=O. The summed E-state index contributed by atoms with van der Waals surface area (Å²) in [7, 11) is 0. The highest BCUT2D eigenvalue weighted by Gasteiger charge is 2.28. The summed E-state index contributed by atoms with van der Waals surface area (Å²) in [5.74, 6) is 0.0846. The molecule has 0 bridgehead atoms. The van der Waals surface area contributed by atoms with Crippen molar-refractivity contribution in [2.45, 2.75) is 23.2 Å². The molecule has 1 amide bonds. The number of benzene rings is 1. The molecular weight excluding hydrogens is 210 g/mol. The van der Waals surface area contributed by atoms with E-state index in [2.05, 4.69) is 17.4 Å². The third-order valence-electron chi connectivity index (χ3n) is 2.64. The molecule has 2 aliphatic rings. The molecule has 1 N–H and O–H groups in total. The Kier molecular flexibility index (Phi) is 2.00. The van der Waals surface area contributed by atoms with Crippen LogP contribution in [0.3, 0.4) is 0 Å². The van der Waals surface area contributed by atoms with Gasteiger partial charge in [0.1, 0.15) is 6.10 Å². The Bertz CT molecular complexity index is 429. The fourth-order valence-electron chi connectivity index (χ4n) is 1.67. The lowest BCUT2D eigenvalue weighted by molar-refractivity contribution is -0.115. The van der Waals surface area contributed by atoms with Gasteiger partial charge in [0.2, 0.25) is 5.91 Å². The van der Waals surface area contributed by atoms with E-state index < -0.39 is 0 Å². The number of carbonyl (C=O) groups excluding carboxylic acids is 1. The van der Waals surface area contributed by atoms with Gasteiger partial charge in [-0.15, -0.1) is 11.8 Å². The van der Waals surface area contributed by atoms with Gasteiger partial charge in [0, 0.05) is 4.90 Å². The maximum atomic E-state index is 11.5. The van der Waals surface area contributed by atoms with Crippen LogP contribution in [0.25, 0.3) is 0 Å². The molecule has 2 unspecified atom stereocenters. The van der Waals surface area contributed by atoms with Crippen LogP contribution in [0.2, 0.25) is 0 Å². The molecule has 3 rings (SSSR count). The predicted octanol–water partition coefficient (Wildman–Crippen LogP) is 2.19. The van der Waals surface area contributed by atoms with E-state index in [1.807, 2.05) is 13.0 Å². The summed E-state index contributed by atoms with van der Waals surface area (Å²) < 4.78 is 5.21. The first-order chi connectivity index (χ1) is 7.24. The molecule has 1 aromatic rings. The fourth-order valence-corrected chi connectivity index (χ4v) is 2.60. The second-order valence-electron chi connectivity index (χ2n) is 3.83. The third kappa shape index (κ3) is 1.64. The van der Waals surface area contributed by atoms with Crippen molar-refractivity contribution in [3.8, 4) is 0 Å². The maximum absolute atomic E-state index is 11.5. The summed E-state index contributed by atoms with van der Waals surface area (Å²) in [5.41, 5.74) is 2.08. The summed E-state index contributed by atoms with van der Waals surface area (Å²) in [5, 5.41) is 2.92. The highest BCUT2D eigenvalue weighted by molar-refractivity contribution is 8.00. The molecule has 1 saturated heterocycles. The van der Waals surface area contributed by atoms with E-state index in [0.717, 1.165) is 22.8 Å². The van der Waals surface area contributed by atoms with Crippen molar-refractivity contribution >= 4 is 23.4 Å². The number of hydrogen-bond acceptors (Lipinski definition) is 3. The molecule has 1 fully saturated rings. The first-order valence-corrected chi connectivity index (χ1v) is 5.85. The monoisotopic (exact) mass is 221 g/mol. The smallest absolute Gasteiger partial charge is 0.237 e. The molecule has 0 spiro atoms. The van der Waals surface area contributed by atoms with Crippen LogP contribution < -0.4 is 5.32 Å². The van der Waals surface area contributed by atoms with Crippen LogP contribution in [0.1, 0.15) is 18.6 Å². The van der Waals surface area contributed by atoms with E-state index >= 15 is 0 Å². The molecule has 0 aliphatic carbocycles. The number of fused-ring (bicyclic) bond motifs is 1. The Morgan fingerprint density at radius 3 is 3.07 bits per heavy atom. The average molecular weight is 221 g/mol. The van der Waals surface area contributed by atoms with E-state index in [1.54, 1.807) is 11.8 Å². The lowest BCUT2D eigenvalue weighted by Gasteiger charge is -2.21. The minimum Gasteiger partial charge on any atom is -0.368 e. The van der Waals surface area contributed by atoms with Gasteiger partial charge in [-0.05, 0) is 24.6 Å². The van der Waals surface area contributed by atoms with Gasteiger partial charge in [-0.25, -0.2) is 0 Å². The van der Waals surface area contributed by atoms with Crippen LogP contribution in [0.15, 0.2) is 23.1 Å².